The van der Waals surface area contributed by atoms with Gasteiger partial charge < -0.3 is 5.73 Å². The van der Waals surface area contributed by atoms with Crippen molar-refractivity contribution in [1.29, 1.82) is 0 Å². The minimum atomic E-state index is -4.43. The number of hydrogen-bond acceptors (Lipinski definition) is 4. The van der Waals surface area contributed by atoms with Crippen LogP contribution in [0.3, 0.4) is 0 Å². The molecule has 2 N–H and O–H groups in total. The maximum Gasteiger partial charge on any atom is 0.434 e. The molecule has 0 aliphatic rings. The van der Waals surface area contributed by atoms with Gasteiger partial charge >= 0.3 is 6.18 Å². The Hall–Kier alpha value is -1.63. The van der Waals surface area contributed by atoms with E-state index in [1.54, 1.807) is 12.1 Å². The zero-order chi connectivity index (χ0) is 11.8. The molecule has 0 aliphatic heterocycles. The van der Waals surface area contributed by atoms with Crippen LogP contribution in [0, 0.1) is 0 Å². The number of pyridine rings is 1. The molecule has 0 radical (unpaired) electrons. The van der Waals surface area contributed by atoms with E-state index in [-0.39, 0.29) is 10.7 Å². The number of aromatic nitrogens is 2. The van der Waals surface area contributed by atoms with Gasteiger partial charge in [0.1, 0.15) is 10.7 Å². The van der Waals surface area contributed by atoms with Crippen molar-refractivity contribution in [2.45, 2.75) is 6.18 Å². The quantitative estimate of drug-likeness (QED) is 0.840. The third-order valence-electron chi connectivity index (χ3n) is 1.84. The highest BCUT2D eigenvalue weighted by molar-refractivity contribution is 7.13. The molecular weight excluding hydrogens is 239 g/mol. The zero-order valence-corrected chi connectivity index (χ0v) is 8.64. The summed E-state index contributed by atoms with van der Waals surface area (Å²) in [5.74, 6) is 0. The van der Waals surface area contributed by atoms with Crippen molar-refractivity contribution >= 4 is 17.0 Å². The first-order valence-corrected chi connectivity index (χ1v) is 5.10. The fourth-order valence-electron chi connectivity index (χ4n) is 1.11. The lowest BCUT2D eigenvalue weighted by Gasteiger charge is -2.01. The summed E-state index contributed by atoms with van der Waals surface area (Å²) in [4.78, 5) is 7.36. The van der Waals surface area contributed by atoms with Crippen LogP contribution >= 0.6 is 11.3 Å². The number of halogens is 3. The average molecular weight is 245 g/mol. The number of thiazole rings is 1. The Morgan fingerprint density at radius 1 is 1.31 bits per heavy atom. The van der Waals surface area contributed by atoms with Crippen LogP contribution in [0.2, 0.25) is 0 Å². The average Bonchev–Trinajstić information content (AvgIpc) is 2.66. The summed E-state index contributed by atoms with van der Waals surface area (Å²) in [7, 11) is 0. The van der Waals surface area contributed by atoms with Crippen LogP contribution in [0.1, 0.15) is 5.69 Å². The van der Waals surface area contributed by atoms with Crippen LogP contribution < -0.4 is 5.73 Å². The number of nitrogens with zero attached hydrogens (tertiary/aromatic N) is 2. The first kappa shape index (κ1) is 10.9. The van der Waals surface area contributed by atoms with Crippen molar-refractivity contribution in [2.75, 3.05) is 5.73 Å². The molecule has 0 atom stereocenters. The van der Waals surface area contributed by atoms with Crippen LogP contribution in [-0.4, -0.2) is 9.97 Å². The smallest absolute Gasteiger partial charge is 0.397 e. The van der Waals surface area contributed by atoms with Gasteiger partial charge in [-0.2, -0.15) is 13.2 Å². The van der Waals surface area contributed by atoms with E-state index in [9.17, 15) is 13.2 Å². The fraction of sp³-hybridized carbons (Fsp3) is 0.111. The van der Waals surface area contributed by atoms with Crippen LogP contribution in [0.25, 0.3) is 10.7 Å². The van der Waals surface area contributed by atoms with Gasteiger partial charge in [-0.1, -0.05) is 0 Å². The van der Waals surface area contributed by atoms with Crippen LogP contribution in [0.15, 0.2) is 23.7 Å². The summed E-state index contributed by atoms with van der Waals surface area (Å²) in [5, 5.41) is 1.12. The largest absolute Gasteiger partial charge is 0.434 e. The summed E-state index contributed by atoms with van der Waals surface area (Å²) in [6.07, 6.45) is -2.97. The molecule has 0 fully saturated rings. The van der Waals surface area contributed by atoms with Crippen molar-refractivity contribution in [3.8, 4) is 10.7 Å². The predicted molar refractivity (Wildman–Crippen MR) is 54.8 cm³/mol. The van der Waals surface area contributed by atoms with Gasteiger partial charge in [0, 0.05) is 11.6 Å². The molecule has 2 aromatic rings. The van der Waals surface area contributed by atoms with E-state index in [4.69, 9.17) is 5.73 Å². The van der Waals surface area contributed by atoms with Gasteiger partial charge in [0.2, 0.25) is 0 Å². The lowest BCUT2D eigenvalue weighted by molar-refractivity contribution is -0.140. The molecular formula is C9H6F3N3S. The normalized spacial score (nSPS) is 11.7. The van der Waals surface area contributed by atoms with Crippen molar-refractivity contribution in [1.82, 2.24) is 9.97 Å². The molecule has 2 aromatic heterocycles. The fourth-order valence-corrected chi connectivity index (χ4v) is 1.95. The van der Waals surface area contributed by atoms with E-state index < -0.39 is 11.9 Å². The summed E-state index contributed by atoms with van der Waals surface area (Å²) in [6.45, 7) is 0. The second-order valence-electron chi connectivity index (χ2n) is 2.98. The molecule has 0 bridgehead atoms. The Labute approximate surface area is 92.8 Å². The Morgan fingerprint density at radius 2 is 2.06 bits per heavy atom. The second-order valence-corrected chi connectivity index (χ2v) is 3.83. The van der Waals surface area contributed by atoms with Gasteiger partial charge in [0.15, 0.2) is 5.69 Å². The number of nitrogen functional groups attached to an aromatic ring is 1. The van der Waals surface area contributed by atoms with Gasteiger partial charge in [-0.3, -0.25) is 4.98 Å². The minimum Gasteiger partial charge on any atom is -0.397 e. The predicted octanol–water partition coefficient (Wildman–Crippen LogP) is 2.81. The lowest BCUT2D eigenvalue weighted by Crippen LogP contribution is -2.05. The molecule has 3 nitrogen and oxygen atoms in total. The van der Waals surface area contributed by atoms with E-state index in [2.05, 4.69) is 9.97 Å². The highest BCUT2D eigenvalue weighted by Crippen LogP contribution is 2.34. The number of rotatable bonds is 1. The molecule has 16 heavy (non-hydrogen) atoms. The number of anilines is 1. The zero-order valence-electron chi connectivity index (χ0n) is 7.82. The second kappa shape index (κ2) is 3.75. The van der Waals surface area contributed by atoms with E-state index >= 15 is 0 Å². The Morgan fingerprint density at radius 3 is 2.62 bits per heavy atom. The standard InChI is InChI=1S/C9H6F3N3S/c10-9(11,12)6-4-16-8(15-6)7-5(13)2-1-3-14-7/h1-4H,13H2. The van der Waals surface area contributed by atoms with Gasteiger partial charge in [0.25, 0.3) is 0 Å². The molecule has 0 saturated carbocycles. The Balaban J connectivity index is 2.44. The van der Waals surface area contributed by atoms with Crippen molar-refractivity contribution in [3.05, 3.63) is 29.4 Å². The van der Waals surface area contributed by atoms with Gasteiger partial charge in [0.05, 0.1) is 5.69 Å². The van der Waals surface area contributed by atoms with Crippen LogP contribution in [0.4, 0.5) is 18.9 Å². The molecule has 0 spiro atoms. The van der Waals surface area contributed by atoms with E-state index in [0.717, 1.165) is 16.7 Å². The van der Waals surface area contributed by atoms with Crippen molar-refractivity contribution < 1.29 is 13.2 Å². The summed E-state index contributed by atoms with van der Waals surface area (Å²) >= 11 is 0.870. The topological polar surface area (TPSA) is 51.8 Å². The molecule has 0 aromatic carbocycles. The lowest BCUT2D eigenvalue weighted by atomic mass is 10.3. The summed E-state index contributed by atoms with van der Waals surface area (Å²) in [6, 6.07) is 3.17. The number of hydrogen-bond donors (Lipinski definition) is 1. The molecule has 0 saturated heterocycles. The molecule has 0 amide bonds. The third kappa shape index (κ3) is 1.99. The molecule has 0 aliphatic carbocycles. The monoisotopic (exact) mass is 245 g/mol. The third-order valence-corrected chi connectivity index (χ3v) is 2.69. The number of alkyl halides is 3. The first-order valence-electron chi connectivity index (χ1n) is 4.22. The van der Waals surface area contributed by atoms with Crippen LogP contribution in [-0.2, 0) is 6.18 Å². The first-order chi connectivity index (χ1) is 7.48. The van der Waals surface area contributed by atoms with Crippen molar-refractivity contribution in [2.24, 2.45) is 0 Å². The molecule has 2 rings (SSSR count). The van der Waals surface area contributed by atoms with E-state index in [0.29, 0.717) is 5.69 Å². The van der Waals surface area contributed by atoms with Crippen molar-refractivity contribution in [3.63, 3.8) is 0 Å². The minimum absolute atomic E-state index is 0.172. The van der Waals surface area contributed by atoms with E-state index in [1.165, 1.54) is 6.20 Å². The maximum absolute atomic E-state index is 12.3. The highest BCUT2D eigenvalue weighted by Gasteiger charge is 2.34. The van der Waals surface area contributed by atoms with Gasteiger partial charge in [-0.15, -0.1) is 11.3 Å². The van der Waals surface area contributed by atoms with E-state index in [1.807, 2.05) is 0 Å². The highest BCUT2D eigenvalue weighted by atomic mass is 32.1. The molecule has 2 heterocycles. The Kier molecular flexibility index (Phi) is 2.55. The summed E-state index contributed by atoms with van der Waals surface area (Å²) in [5.41, 5.74) is 5.27. The molecule has 7 heteroatoms. The molecule has 84 valence electrons. The van der Waals surface area contributed by atoms with Crippen LogP contribution in [0.5, 0.6) is 0 Å². The van der Waals surface area contributed by atoms with Gasteiger partial charge in [-0.05, 0) is 12.1 Å². The Bertz CT molecular complexity index is 507. The SMILES string of the molecule is Nc1cccnc1-c1nc(C(F)(F)F)cs1. The van der Waals surface area contributed by atoms with Gasteiger partial charge in [-0.25, -0.2) is 4.98 Å². The molecule has 0 unspecified atom stereocenters. The maximum atomic E-state index is 12.3. The number of nitrogens with two attached hydrogens (primary N) is 1. The summed E-state index contributed by atoms with van der Waals surface area (Å²) < 4.78 is 36.9.